The van der Waals surface area contributed by atoms with Crippen LogP contribution in [0.5, 0.6) is 0 Å². The number of imidazole rings is 1. The summed E-state index contributed by atoms with van der Waals surface area (Å²) >= 11 is 0. The van der Waals surface area contributed by atoms with Crippen molar-refractivity contribution in [2.45, 2.75) is 44.6 Å². The summed E-state index contributed by atoms with van der Waals surface area (Å²) in [5.41, 5.74) is 2.09. The highest BCUT2D eigenvalue weighted by Gasteiger charge is 2.44. The predicted molar refractivity (Wildman–Crippen MR) is 106 cm³/mol. The molecule has 8 nitrogen and oxygen atoms in total. The number of anilines is 1. The molecule has 8 heteroatoms. The van der Waals surface area contributed by atoms with Crippen molar-refractivity contribution in [1.29, 1.82) is 0 Å². The van der Waals surface area contributed by atoms with Gasteiger partial charge < -0.3 is 24.8 Å². The van der Waals surface area contributed by atoms with Gasteiger partial charge in [-0.25, -0.2) is 14.6 Å². The molecule has 4 rings (SSSR count). The van der Waals surface area contributed by atoms with E-state index in [-0.39, 0.29) is 12.1 Å². The van der Waals surface area contributed by atoms with Gasteiger partial charge in [0.2, 0.25) is 0 Å². The average Bonchev–Trinajstić information content (AvgIpc) is 3.11. The Bertz CT molecular complexity index is 908. The fourth-order valence-electron chi connectivity index (χ4n) is 4.01. The third-order valence-corrected chi connectivity index (χ3v) is 5.62. The van der Waals surface area contributed by atoms with Crippen LogP contribution in [0.25, 0.3) is 11.0 Å². The lowest BCUT2D eigenvalue weighted by atomic mass is 9.95. The zero-order valence-electron chi connectivity index (χ0n) is 16.6. The summed E-state index contributed by atoms with van der Waals surface area (Å²) in [6.07, 6.45) is 1.98. The molecule has 150 valence electrons. The summed E-state index contributed by atoms with van der Waals surface area (Å²) in [6.45, 7) is 5.99. The van der Waals surface area contributed by atoms with E-state index in [1.54, 1.807) is 16.8 Å². The van der Waals surface area contributed by atoms with Gasteiger partial charge >= 0.3 is 12.1 Å². The number of H-pyrrole nitrogens is 1. The number of nitrogens with one attached hydrogen (secondary N) is 2. The van der Waals surface area contributed by atoms with Crippen LogP contribution in [-0.4, -0.2) is 64.2 Å². The van der Waals surface area contributed by atoms with E-state index in [4.69, 9.17) is 4.74 Å². The lowest BCUT2D eigenvalue weighted by molar-refractivity contribution is 0.0454. The van der Waals surface area contributed by atoms with E-state index in [0.29, 0.717) is 32.0 Å². The van der Waals surface area contributed by atoms with Gasteiger partial charge in [0.25, 0.3) is 0 Å². The number of nitrogens with zero attached hydrogens (tertiary/aromatic N) is 3. The van der Waals surface area contributed by atoms with Gasteiger partial charge in [0.1, 0.15) is 11.4 Å². The van der Waals surface area contributed by atoms with Crippen molar-refractivity contribution in [3.8, 4) is 0 Å². The normalized spacial score (nSPS) is 22.8. The molecule has 0 saturated carbocycles. The second kappa shape index (κ2) is 7.00. The zero-order chi connectivity index (χ0) is 19.9. The Kier molecular flexibility index (Phi) is 4.64. The van der Waals surface area contributed by atoms with Gasteiger partial charge in [0, 0.05) is 38.2 Å². The van der Waals surface area contributed by atoms with Crippen LogP contribution in [0.1, 0.15) is 44.9 Å². The van der Waals surface area contributed by atoms with Gasteiger partial charge in [0.05, 0.1) is 17.6 Å². The van der Waals surface area contributed by atoms with Gasteiger partial charge in [0.15, 0.2) is 0 Å². The molecule has 2 aliphatic rings. The fraction of sp³-hybridized carbons (Fsp3) is 0.550. The number of hydrogen-bond donors (Lipinski definition) is 2. The quantitative estimate of drug-likeness (QED) is 0.827. The van der Waals surface area contributed by atoms with E-state index in [2.05, 4.69) is 29.1 Å². The topological polar surface area (TPSA) is 90.6 Å². The maximum absolute atomic E-state index is 12.8. The maximum atomic E-state index is 12.8. The number of urea groups is 1. The lowest BCUT2D eigenvalue weighted by Crippen LogP contribution is -2.38. The van der Waals surface area contributed by atoms with Crippen molar-refractivity contribution in [2.75, 3.05) is 32.0 Å². The number of amides is 3. The molecular formula is C20H27N5O3. The number of aromatic amines is 1. The van der Waals surface area contributed by atoms with Gasteiger partial charge in [-0.1, -0.05) is 13.8 Å². The molecule has 3 amide bonds. The summed E-state index contributed by atoms with van der Waals surface area (Å²) in [7, 11) is 1.75. The minimum atomic E-state index is -0.455. The number of aromatic nitrogens is 2. The standard InChI is InChI=1S/C20H27N5O3/c1-13(2)17-22-15-6-5-14(11-16(15)23-17)21-18(26)25-9-4-7-20(8-10-25)12-24(3)19(27)28-20/h5-6,11,13H,4,7-10,12H2,1-3H3,(H,21,26)(H,22,23)/t20-/m0/s1. The van der Waals surface area contributed by atoms with Crippen molar-refractivity contribution in [3.05, 3.63) is 24.0 Å². The van der Waals surface area contributed by atoms with Gasteiger partial charge in [-0.05, 0) is 31.0 Å². The summed E-state index contributed by atoms with van der Waals surface area (Å²) in [5.74, 6) is 1.26. The van der Waals surface area contributed by atoms with E-state index in [1.807, 2.05) is 18.2 Å². The number of rotatable bonds is 2. The van der Waals surface area contributed by atoms with Crippen molar-refractivity contribution in [1.82, 2.24) is 19.8 Å². The molecule has 0 aliphatic carbocycles. The van der Waals surface area contributed by atoms with Crippen LogP contribution < -0.4 is 5.32 Å². The molecule has 1 aromatic heterocycles. The van der Waals surface area contributed by atoms with E-state index in [0.717, 1.165) is 35.4 Å². The van der Waals surface area contributed by atoms with Crippen LogP contribution in [0.15, 0.2) is 18.2 Å². The second-order valence-corrected chi connectivity index (χ2v) is 8.19. The van der Waals surface area contributed by atoms with Crippen LogP contribution in [-0.2, 0) is 4.74 Å². The Hall–Kier alpha value is -2.77. The molecule has 1 spiro atoms. The molecule has 0 radical (unpaired) electrons. The first kappa shape index (κ1) is 18.6. The Balaban J connectivity index is 1.42. The third kappa shape index (κ3) is 3.50. The Labute approximate surface area is 164 Å². The Morgan fingerprint density at radius 3 is 2.86 bits per heavy atom. The molecule has 1 atom stereocenters. The average molecular weight is 385 g/mol. The minimum Gasteiger partial charge on any atom is -0.441 e. The molecule has 2 aromatic rings. The summed E-state index contributed by atoms with van der Waals surface area (Å²) in [6, 6.07) is 5.58. The minimum absolute atomic E-state index is 0.127. The molecule has 3 heterocycles. The number of likely N-dealkylation sites (tertiary alicyclic amines) is 1. The SMILES string of the molecule is CC(C)c1nc2ccc(NC(=O)N3CCC[C@]4(CC3)CN(C)C(=O)O4)cc2[nH]1. The molecule has 2 fully saturated rings. The molecular weight excluding hydrogens is 358 g/mol. The second-order valence-electron chi connectivity index (χ2n) is 8.19. The Morgan fingerprint density at radius 1 is 1.32 bits per heavy atom. The molecule has 1 aromatic carbocycles. The molecule has 2 saturated heterocycles. The van der Waals surface area contributed by atoms with Crippen LogP contribution in [0.2, 0.25) is 0 Å². The van der Waals surface area contributed by atoms with Crippen molar-refractivity contribution < 1.29 is 14.3 Å². The van der Waals surface area contributed by atoms with Crippen LogP contribution in [0.3, 0.4) is 0 Å². The molecule has 2 N–H and O–H groups in total. The lowest BCUT2D eigenvalue weighted by Gasteiger charge is -2.25. The molecule has 2 aliphatic heterocycles. The number of hydrogen-bond acceptors (Lipinski definition) is 4. The highest BCUT2D eigenvalue weighted by molar-refractivity contribution is 5.92. The highest BCUT2D eigenvalue weighted by atomic mass is 16.6. The van der Waals surface area contributed by atoms with Crippen molar-refractivity contribution in [3.63, 3.8) is 0 Å². The summed E-state index contributed by atoms with van der Waals surface area (Å²) in [5, 5.41) is 2.99. The summed E-state index contributed by atoms with van der Waals surface area (Å²) < 4.78 is 5.62. The number of likely N-dealkylation sites (N-methyl/N-ethyl adjacent to an activating group) is 1. The molecule has 28 heavy (non-hydrogen) atoms. The van der Waals surface area contributed by atoms with Crippen LogP contribution in [0, 0.1) is 0 Å². The number of carbonyl (C=O) groups is 2. The number of fused-ring (bicyclic) bond motifs is 1. The zero-order valence-corrected chi connectivity index (χ0v) is 16.6. The van der Waals surface area contributed by atoms with E-state index >= 15 is 0 Å². The van der Waals surface area contributed by atoms with Crippen molar-refractivity contribution in [2.24, 2.45) is 0 Å². The van der Waals surface area contributed by atoms with Crippen LogP contribution >= 0.6 is 0 Å². The molecule has 0 unspecified atom stereocenters. The summed E-state index contributed by atoms with van der Waals surface area (Å²) in [4.78, 5) is 35.8. The third-order valence-electron chi connectivity index (χ3n) is 5.62. The van der Waals surface area contributed by atoms with Gasteiger partial charge in [-0.2, -0.15) is 0 Å². The first-order valence-corrected chi connectivity index (χ1v) is 9.85. The first-order chi connectivity index (χ1) is 13.3. The van der Waals surface area contributed by atoms with E-state index in [9.17, 15) is 9.59 Å². The number of benzene rings is 1. The van der Waals surface area contributed by atoms with Crippen LogP contribution in [0.4, 0.5) is 15.3 Å². The van der Waals surface area contributed by atoms with E-state index in [1.165, 1.54) is 0 Å². The fourth-order valence-corrected chi connectivity index (χ4v) is 4.01. The van der Waals surface area contributed by atoms with Gasteiger partial charge in [-0.3, -0.25) is 0 Å². The van der Waals surface area contributed by atoms with E-state index < -0.39 is 5.60 Å². The monoisotopic (exact) mass is 385 g/mol. The first-order valence-electron chi connectivity index (χ1n) is 9.85. The number of carbonyl (C=O) groups excluding carboxylic acids is 2. The predicted octanol–water partition coefficient (Wildman–Crippen LogP) is 3.52. The number of ether oxygens (including phenoxy) is 1. The maximum Gasteiger partial charge on any atom is 0.410 e. The largest absolute Gasteiger partial charge is 0.441 e. The molecule has 0 bridgehead atoms. The Morgan fingerprint density at radius 2 is 2.14 bits per heavy atom. The van der Waals surface area contributed by atoms with Gasteiger partial charge in [-0.15, -0.1) is 0 Å². The van der Waals surface area contributed by atoms with Crippen molar-refractivity contribution >= 4 is 28.8 Å². The smallest absolute Gasteiger partial charge is 0.410 e. The highest BCUT2D eigenvalue weighted by Crippen LogP contribution is 2.32.